The second-order valence-corrected chi connectivity index (χ2v) is 11.3. The van der Waals surface area contributed by atoms with E-state index in [4.69, 9.17) is 4.74 Å². The number of amides is 4. The molecule has 0 spiro atoms. The van der Waals surface area contributed by atoms with Gasteiger partial charge in [-0.05, 0) is 55.0 Å². The minimum absolute atomic E-state index is 0.0360. The highest BCUT2D eigenvalue weighted by molar-refractivity contribution is 5.93. The number of urea groups is 1. The van der Waals surface area contributed by atoms with Gasteiger partial charge < -0.3 is 30.3 Å². The molecule has 1 aliphatic rings. The maximum absolute atomic E-state index is 13.5. The van der Waals surface area contributed by atoms with Crippen LogP contribution >= 0.6 is 0 Å². The van der Waals surface area contributed by atoms with E-state index in [1.807, 2.05) is 37.3 Å². The first kappa shape index (κ1) is 33.3. The average molecular weight is 627 g/mol. The van der Waals surface area contributed by atoms with Crippen LogP contribution in [-0.2, 0) is 28.6 Å². The Kier molecular flexibility index (Phi) is 10.7. The van der Waals surface area contributed by atoms with Gasteiger partial charge in [0.1, 0.15) is 11.9 Å². The Balaban J connectivity index is 1.53. The van der Waals surface area contributed by atoms with Gasteiger partial charge in [-0.15, -0.1) is 0 Å². The molecule has 45 heavy (non-hydrogen) atoms. The third-order valence-electron chi connectivity index (χ3n) is 7.67. The summed E-state index contributed by atoms with van der Waals surface area (Å²) in [6.07, 6.45) is -4.96. The minimum Gasteiger partial charge on any atom is -0.488 e. The summed E-state index contributed by atoms with van der Waals surface area (Å²) in [5.74, 6) is -0.328. The molecule has 4 rings (SSSR count). The van der Waals surface area contributed by atoms with E-state index >= 15 is 0 Å². The Labute approximate surface area is 260 Å². The van der Waals surface area contributed by atoms with Crippen LogP contribution in [0.5, 0.6) is 5.75 Å². The van der Waals surface area contributed by atoms with Crippen molar-refractivity contribution in [3.63, 3.8) is 0 Å². The largest absolute Gasteiger partial charge is 0.488 e. The molecule has 0 radical (unpaired) electrons. The van der Waals surface area contributed by atoms with Crippen molar-refractivity contribution in [1.82, 2.24) is 9.80 Å². The summed E-state index contributed by atoms with van der Waals surface area (Å²) < 4.78 is 45.2. The summed E-state index contributed by atoms with van der Waals surface area (Å²) in [6.45, 7) is 3.69. The first-order valence-corrected chi connectivity index (χ1v) is 14.6. The molecule has 0 saturated carbocycles. The summed E-state index contributed by atoms with van der Waals surface area (Å²) in [6, 6.07) is 17.4. The van der Waals surface area contributed by atoms with Gasteiger partial charge in [0.05, 0.1) is 37.6 Å². The van der Waals surface area contributed by atoms with E-state index in [0.717, 1.165) is 17.7 Å². The third kappa shape index (κ3) is 8.98. The SMILES string of the molecule is C[C@H](CO)N1C[C@H](C)[C@@H](CN(C)C(=O)Nc2ccc(C(F)(F)F)cc2)Oc2ccc(NC(=O)Cc3ccccc3)cc2CC1=O. The standard InChI is InChI=1S/C33H37F3N4O5/c1-21-18-40(22(2)20-41)31(43)17-24-16-27(37-30(42)15-23-7-5-4-6-8-23)13-14-28(24)45-29(21)19-39(3)32(44)38-26-11-9-25(10-12-26)33(34,35)36/h4-14,16,21-22,29,41H,15,17-20H2,1-3H3,(H,37,42)(H,38,44)/t21-,22+,29+/m0/s1. The van der Waals surface area contributed by atoms with Gasteiger partial charge >= 0.3 is 12.2 Å². The van der Waals surface area contributed by atoms with Crippen molar-refractivity contribution in [2.24, 2.45) is 5.92 Å². The van der Waals surface area contributed by atoms with Crippen LogP contribution in [-0.4, -0.2) is 71.6 Å². The zero-order chi connectivity index (χ0) is 32.7. The van der Waals surface area contributed by atoms with Crippen molar-refractivity contribution in [2.45, 2.75) is 45.0 Å². The Morgan fingerprint density at radius 1 is 1.04 bits per heavy atom. The second-order valence-electron chi connectivity index (χ2n) is 11.3. The predicted molar refractivity (Wildman–Crippen MR) is 164 cm³/mol. The molecule has 240 valence electrons. The lowest BCUT2D eigenvalue weighted by molar-refractivity contribution is -0.137. The lowest BCUT2D eigenvalue weighted by atomic mass is 10.0. The van der Waals surface area contributed by atoms with Crippen molar-refractivity contribution >= 4 is 29.2 Å². The van der Waals surface area contributed by atoms with Gasteiger partial charge in [-0.2, -0.15) is 13.2 Å². The van der Waals surface area contributed by atoms with E-state index in [1.165, 1.54) is 24.1 Å². The number of aliphatic hydroxyl groups is 1. The highest BCUT2D eigenvalue weighted by Crippen LogP contribution is 2.31. The molecule has 3 aromatic rings. The van der Waals surface area contributed by atoms with Crippen LogP contribution in [0.25, 0.3) is 0 Å². The van der Waals surface area contributed by atoms with E-state index in [9.17, 15) is 32.7 Å². The summed E-state index contributed by atoms with van der Waals surface area (Å²) in [5.41, 5.74) is 1.25. The maximum Gasteiger partial charge on any atom is 0.416 e. The molecule has 0 fully saturated rings. The fourth-order valence-corrected chi connectivity index (χ4v) is 5.03. The molecule has 0 saturated heterocycles. The number of halogens is 3. The number of likely N-dealkylation sites (N-methyl/N-ethyl adjacent to an activating group) is 1. The van der Waals surface area contributed by atoms with Gasteiger partial charge in [0.2, 0.25) is 11.8 Å². The summed E-state index contributed by atoms with van der Waals surface area (Å²) in [4.78, 5) is 42.1. The number of nitrogens with zero attached hydrogens (tertiary/aromatic N) is 2. The number of nitrogens with one attached hydrogen (secondary N) is 2. The van der Waals surface area contributed by atoms with Crippen molar-refractivity contribution in [3.05, 3.63) is 89.5 Å². The van der Waals surface area contributed by atoms with Crippen LogP contribution in [0.4, 0.5) is 29.3 Å². The smallest absolute Gasteiger partial charge is 0.416 e. The minimum atomic E-state index is -4.49. The van der Waals surface area contributed by atoms with E-state index in [2.05, 4.69) is 10.6 Å². The molecule has 0 bridgehead atoms. The zero-order valence-electron chi connectivity index (χ0n) is 25.3. The number of hydrogen-bond acceptors (Lipinski definition) is 5. The van der Waals surface area contributed by atoms with E-state index in [0.29, 0.717) is 17.0 Å². The topological polar surface area (TPSA) is 111 Å². The number of ether oxygens (including phenoxy) is 1. The normalized spacial score (nSPS) is 17.6. The third-order valence-corrected chi connectivity index (χ3v) is 7.67. The van der Waals surface area contributed by atoms with E-state index in [-0.39, 0.29) is 56.0 Å². The number of benzene rings is 3. The van der Waals surface area contributed by atoms with Gasteiger partial charge in [0, 0.05) is 36.4 Å². The molecule has 3 N–H and O–H groups in total. The molecule has 0 unspecified atom stereocenters. The van der Waals surface area contributed by atoms with Crippen LogP contribution in [0.1, 0.15) is 30.5 Å². The van der Waals surface area contributed by atoms with E-state index in [1.54, 1.807) is 30.0 Å². The fraction of sp³-hybridized carbons (Fsp3) is 0.364. The zero-order valence-corrected chi connectivity index (χ0v) is 25.3. The fourth-order valence-electron chi connectivity index (χ4n) is 5.03. The molecule has 3 aromatic carbocycles. The Bertz CT molecular complexity index is 1480. The summed E-state index contributed by atoms with van der Waals surface area (Å²) in [7, 11) is 1.54. The van der Waals surface area contributed by atoms with Crippen LogP contribution < -0.4 is 15.4 Å². The first-order chi connectivity index (χ1) is 21.3. The van der Waals surface area contributed by atoms with Crippen LogP contribution in [0, 0.1) is 5.92 Å². The summed E-state index contributed by atoms with van der Waals surface area (Å²) in [5, 5.41) is 15.3. The number of alkyl halides is 3. The lowest BCUT2D eigenvalue weighted by Crippen LogP contribution is -2.48. The number of rotatable bonds is 8. The Morgan fingerprint density at radius 2 is 1.71 bits per heavy atom. The van der Waals surface area contributed by atoms with Crippen LogP contribution in [0.3, 0.4) is 0 Å². The van der Waals surface area contributed by atoms with Crippen molar-refractivity contribution < 1.29 is 37.4 Å². The Morgan fingerprint density at radius 3 is 2.36 bits per heavy atom. The monoisotopic (exact) mass is 626 g/mol. The van der Waals surface area contributed by atoms with Gasteiger partial charge in [-0.25, -0.2) is 4.79 Å². The second kappa shape index (κ2) is 14.5. The molecule has 3 atom stereocenters. The van der Waals surface area contributed by atoms with Gasteiger partial charge in [-0.3, -0.25) is 9.59 Å². The highest BCUT2D eigenvalue weighted by atomic mass is 19.4. The first-order valence-electron chi connectivity index (χ1n) is 14.6. The summed E-state index contributed by atoms with van der Waals surface area (Å²) >= 11 is 0. The van der Waals surface area contributed by atoms with E-state index < -0.39 is 29.9 Å². The van der Waals surface area contributed by atoms with Crippen LogP contribution in [0.2, 0.25) is 0 Å². The number of hydrogen-bond donors (Lipinski definition) is 3. The molecular formula is C33H37F3N4O5. The van der Waals surface area contributed by atoms with Gasteiger partial charge in [-0.1, -0.05) is 37.3 Å². The number of fused-ring (bicyclic) bond motifs is 1. The number of carbonyl (C=O) groups is 3. The molecule has 12 heteroatoms. The Hall–Kier alpha value is -4.58. The van der Waals surface area contributed by atoms with Gasteiger partial charge in [0.25, 0.3) is 0 Å². The predicted octanol–water partition coefficient (Wildman–Crippen LogP) is 5.20. The lowest BCUT2D eigenvalue weighted by Gasteiger charge is -2.34. The number of carbonyl (C=O) groups excluding carboxylic acids is 3. The molecular weight excluding hydrogens is 589 g/mol. The van der Waals surface area contributed by atoms with Crippen LogP contribution in [0.15, 0.2) is 72.8 Å². The van der Waals surface area contributed by atoms with Crippen molar-refractivity contribution in [2.75, 3.05) is 37.4 Å². The molecule has 0 aliphatic carbocycles. The molecule has 1 heterocycles. The number of anilines is 2. The number of aliphatic hydroxyl groups excluding tert-OH is 1. The van der Waals surface area contributed by atoms with Crippen molar-refractivity contribution in [3.8, 4) is 5.75 Å². The van der Waals surface area contributed by atoms with Gasteiger partial charge in [0.15, 0.2) is 0 Å². The molecule has 1 aliphatic heterocycles. The average Bonchev–Trinajstić information content (AvgIpc) is 3.04. The quantitative estimate of drug-likeness (QED) is 0.319. The van der Waals surface area contributed by atoms with Crippen molar-refractivity contribution in [1.29, 1.82) is 0 Å². The maximum atomic E-state index is 13.5. The molecule has 0 aromatic heterocycles. The molecule has 4 amide bonds. The highest BCUT2D eigenvalue weighted by Gasteiger charge is 2.32. The molecule has 9 nitrogen and oxygen atoms in total.